The Bertz CT molecular complexity index is 2000. The quantitative estimate of drug-likeness (QED) is 0.0908. The van der Waals surface area contributed by atoms with Crippen LogP contribution < -0.4 is 18.9 Å². The standard InChI is InChI=1S/C42H53N4O2Se/c1-5-26-44-31-20-16-22-35(47-3)37(31)40-38-32(21-17-23-36(38)48-4)45(27-6-2)41-34(25-24-33(44)39(40)41)46-29-28-43(42(46)49)30-18-14-12-10-8-7-9-11-13-15-19-30/h16-17,20-25,28-30H,5-15,18-19,26-27H2,1-4H3/q+1. The first kappa shape index (κ1) is 33.9. The average Bonchev–Trinajstić information content (AvgIpc) is 3.50. The van der Waals surface area contributed by atoms with Crippen LogP contribution in [0.2, 0.25) is 0 Å². The third-order valence-electron chi connectivity index (χ3n) is 10.9. The Labute approximate surface area is 300 Å². The van der Waals surface area contributed by atoms with Crippen molar-refractivity contribution in [2.24, 2.45) is 0 Å². The maximum absolute atomic E-state index is 6.15. The number of methoxy groups -OCH3 is 2. The van der Waals surface area contributed by atoms with Gasteiger partial charge in [-0.05, 0) is 0 Å². The molecule has 0 bridgehead atoms. The van der Waals surface area contributed by atoms with Crippen LogP contribution in [0.25, 0.3) is 38.6 Å². The molecule has 0 N–H and O–H groups in total. The van der Waals surface area contributed by atoms with Crippen LogP contribution in [-0.2, 0) is 6.54 Å². The van der Waals surface area contributed by atoms with Gasteiger partial charge < -0.3 is 0 Å². The van der Waals surface area contributed by atoms with Crippen molar-refractivity contribution in [3.8, 4) is 28.3 Å². The van der Waals surface area contributed by atoms with E-state index in [1.807, 2.05) is 0 Å². The summed E-state index contributed by atoms with van der Waals surface area (Å²) in [5, 5.41) is 2.41. The molecule has 0 atom stereocenters. The first-order valence-corrected chi connectivity index (χ1v) is 19.7. The molecule has 7 rings (SSSR count). The number of aryl methyl sites for hydroxylation is 1. The monoisotopic (exact) mass is 725 g/mol. The van der Waals surface area contributed by atoms with Crippen molar-refractivity contribution in [3.63, 3.8) is 0 Å². The van der Waals surface area contributed by atoms with Gasteiger partial charge in [0.05, 0.1) is 0 Å². The molecule has 1 fully saturated rings. The van der Waals surface area contributed by atoms with Gasteiger partial charge in [0.2, 0.25) is 0 Å². The molecular weight excluding hydrogens is 671 g/mol. The number of hydrogen-bond acceptors (Lipinski definition) is 3. The van der Waals surface area contributed by atoms with E-state index in [-0.39, 0.29) is 0 Å². The van der Waals surface area contributed by atoms with Crippen LogP contribution in [0.5, 0.6) is 11.5 Å². The molecule has 3 heterocycles. The molecular formula is C42H53N4O2Se+. The van der Waals surface area contributed by atoms with Crippen LogP contribution in [0, 0.1) is 4.32 Å². The van der Waals surface area contributed by atoms with Crippen molar-refractivity contribution in [2.45, 2.75) is 110 Å². The zero-order valence-corrected chi connectivity index (χ0v) is 31.7. The van der Waals surface area contributed by atoms with Crippen molar-refractivity contribution in [1.29, 1.82) is 0 Å². The zero-order chi connectivity index (χ0) is 33.9. The van der Waals surface area contributed by atoms with Crippen LogP contribution in [0.3, 0.4) is 0 Å². The van der Waals surface area contributed by atoms with E-state index in [0.717, 1.165) is 48.4 Å². The van der Waals surface area contributed by atoms with Gasteiger partial charge in [-0.1, -0.05) is 0 Å². The van der Waals surface area contributed by atoms with Crippen molar-refractivity contribution in [3.05, 3.63) is 65.2 Å². The Morgan fingerprint density at radius 3 is 2.02 bits per heavy atom. The molecule has 5 aromatic rings. The fourth-order valence-electron chi connectivity index (χ4n) is 8.66. The Morgan fingerprint density at radius 1 is 0.694 bits per heavy atom. The van der Waals surface area contributed by atoms with E-state index in [0.29, 0.717) is 6.04 Å². The number of imidazole rings is 1. The van der Waals surface area contributed by atoms with Gasteiger partial charge in [-0.2, -0.15) is 0 Å². The van der Waals surface area contributed by atoms with Crippen LogP contribution in [0.15, 0.2) is 60.9 Å². The van der Waals surface area contributed by atoms with Gasteiger partial charge in [0.25, 0.3) is 0 Å². The van der Waals surface area contributed by atoms with Gasteiger partial charge in [0.1, 0.15) is 0 Å². The second-order valence-electron chi connectivity index (χ2n) is 14.0. The van der Waals surface area contributed by atoms with Crippen LogP contribution in [0.4, 0.5) is 11.4 Å². The molecule has 0 amide bonds. The summed E-state index contributed by atoms with van der Waals surface area (Å²) in [6.45, 7) is 6.37. The van der Waals surface area contributed by atoms with Gasteiger partial charge in [0.15, 0.2) is 0 Å². The summed E-state index contributed by atoms with van der Waals surface area (Å²) in [5.41, 5.74) is 8.42. The molecule has 0 unspecified atom stereocenters. The summed E-state index contributed by atoms with van der Waals surface area (Å²) in [4.78, 5) is 2.51. The second kappa shape index (κ2) is 15.1. The van der Waals surface area contributed by atoms with E-state index in [4.69, 9.17) is 9.47 Å². The van der Waals surface area contributed by atoms with Crippen molar-refractivity contribution >= 4 is 48.8 Å². The van der Waals surface area contributed by atoms with Crippen molar-refractivity contribution in [2.75, 3.05) is 25.7 Å². The van der Waals surface area contributed by atoms with Gasteiger partial charge in [0, 0.05) is 0 Å². The maximum atomic E-state index is 6.15. The van der Waals surface area contributed by atoms with Gasteiger partial charge in [-0.15, -0.1) is 0 Å². The van der Waals surface area contributed by atoms with Crippen LogP contribution in [-0.4, -0.2) is 45.5 Å². The minimum atomic E-state index is 0.515. The molecule has 0 spiro atoms. The molecule has 2 aliphatic rings. The van der Waals surface area contributed by atoms with Gasteiger partial charge in [-0.25, -0.2) is 0 Å². The first-order valence-electron chi connectivity index (χ1n) is 18.9. The summed E-state index contributed by atoms with van der Waals surface area (Å²) < 4.78 is 21.0. The summed E-state index contributed by atoms with van der Waals surface area (Å²) in [5.74, 6) is 1.78. The fraction of sp³-hybridized carbons (Fsp3) is 0.476. The number of fused-ring (bicyclic) bond motifs is 4. The van der Waals surface area contributed by atoms with E-state index < -0.39 is 0 Å². The SMILES string of the molecule is CCCN1c2cccc(OC)c2-c2c3c(OC)cccc3[n+](CCC)c3c(-n4ccn(C5CCCCCCCCCCC5)c4=[Se])ccc1c23. The summed E-state index contributed by atoms with van der Waals surface area (Å²) >= 11 is 3.56. The summed E-state index contributed by atoms with van der Waals surface area (Å²) in [6.07, 6.45) is 21.5. The Kier molecular flexibility index (Phi) is 10.5. The number of nitrogens with zero attached hydrogens (tertiary/aromatic N) is 4. The average molecular weight is 725 g/mol. The number of ether oxygens (including phenoxy) is 2. The van der Waals surface area contributed by atoms with Crippen LogP contribution >= 0.6 is 0 Å². The third-order valence-corrected chi connectivity index (χ3v) is 11.8. The van der Waals surface area contributed by atoms with E-state index in [1.165, 1.54) is 114 Å². The Hall–Kier alpha value is -3.54. The molecule has 1 aliphatic carbocycles. The Balaban J connectivity index is 1.51. The number of pyridine rings is 1. The third kappa shape index (κ3) is 6.12. The normalized spacial score (nSPS) is 16.0. The molecule has 1 saturated carbocycles. The molecule has 258 valence electrons. The number of aromatic nitrogens is 3. The molecule has 7 heteroatoms. The molecule has 3 aromatic carbocycles. The molecule has 0 radical (unpaired) electrons. The van der Waals surface area contributed by atoms with E-state index in [1.54, 1.807) is 14.2 Å². The Morgan fingerprint density at radius 2 is 1.35 bits per heavy atom. The van der Waals surface area contributed by atoms with E-state index >= 15 is 0 Å². The van der Waals surface area contributed by atoms with Crippen molar-refractivity contribution in [1.82, 2.24) is 9.13 Å². The fourth-order valence-corrected chi connectivity index (χ4v) is 9.43. The zero-order valence-electron chi connectivity index (χ0n) is 30.0. The van der Waals surface area contributed by atoms with E-state index in [9.17, 15) is 0 Å². The minimum absolute atomic E-state index is 0.515. The van der Waals surface area contributed by atoms with Gasteiger partial charge >= 0.3 is 301 Å². The predicted molar refractivity (Wildman–Crippen MR) is 204 cm³/mol. The molecule has 2 aromatic heterocycles. The number of hydrogen-bond donors (Lipinski definition) is 0. The number of benzene rings is 3. The molecule has 49 heavy (non-hydrogen) atoms. The topological polar surface area (TPSA) is 35.4 Å². The summed E-state index contributed by atoms with van der Waals surface area (Å²) in [6, 6.07) is 18.2. The molecule has 1 aliphatic heterocycles. The van der Waals surface area contributed by atoms with Gasteiger partial charge in [-0.3, -0.25) is 0 Å². The van der Waals surface area contributed by atoms with E-state index in [2.05, 4.69) is 109 Å². The van der Waals surface area contributed by atoms with Crippen LogP contribution in [0.1, 0.15) is 103 Å². The molecule has 0 saturated heterocycles. The second-order valence-corrected chi connectivity index (χ2v) is 14.8. The molecule has 6 nitrogen and oxygen atoms in total. The first-order chi connectivity index (χ1) is 24.1. The summed E-state index contributed by atoms with van der Waals surface area (Å²) in [7, 11) is 3.59. The number of rotatable bonds is 8. The number of anilines is 2. The predicted octanol–water partition coefficient (Wildman–Crippen LogP) is 10.4. The van der Waals surface area contributed by atoms with Crippen molar-refractivity contribution < 1.29 is 14.0 Å².